The molecule has 5 nitrogen and oxygen atoms in total. The van der Waals surface area contributed by atoms with E-state index < -0.39 is 11.9 Å². The fourth-order valence-corrected chi connectivity index (χ4v) is 2.70. The minimum absolute atomic E-state index is 0.172. The smallest absolute Gasteiger partial charge is 0.449 e. The third-order valence-corrected chi connectivity index (χ3v) is 4.39. The minimum Gasteiger partial charge on any atom is -0.456 e. The van der Waals surface area contributed by atoms with Gasteiger partial charge in [0.15, 0.2) is 0 Å². The maximum atomic E-state index is 12.3. The summed E-state index contributed by atoms with van der Waals surface area (Å²) in [6.45, 7) is 17.2. The van der Waals surface area contributed by atoms with E-state index in [1.54, 1.807) is 20.0 Å². The summed E-state index contributed by atoms with van der Waals surface area (Å²) in [5.74, 6) is 2.14. The van der Waals surface area contributed by atoms with E-state index in [9.17, 15) is 13.2 Å². The number of aromatic nitrogens is 2. The summed E-state index contributed by atoms with van der Waals surface area (Å²) in [6.07, 6.45) is -2.60. The Morgan fingerprint density at radius 2 is 1.39 bits per heavy atom. The van der Waals surface area contributed by atoms with Crippen LogP contribution >= 0.6 is 0 Å². The molecule has 0 radical (unpaired) electrons. The molecule has 0 aliphatic heterocycles. The van der Waals surface area contributed by atoms with E-state index >= 15 is 0 Å². The topological polar surface area (TPSA) is 65.2 Å². The lowest BCUT2D eigenvalue weighted by atomic mass is 10.0. The second kappa shape index (κ2) is 11.2. The van der Waals surface area contributed by atoms with Gasteiger partial charge in [0.05, 0.1) is 11.9 Å². The van der Waals surface area contributed by atoms with Crippen molar-refractivity contribution in [2.24, 2.45) is 0 Å². The summed E-state index contributed by atoms with van der Waals surface area (Å²) in [5, 5.41) is 7.43. The Hall–Kier alpha value is -2.51. The van der Waals surface area contributed by atoms with E-state index in [1.807, 2.05) is 19.9 Å². The van der Waals surface area contributed by atoms with Crippen molar-refractivity contribution in [1.82, 2.24) is 10.3 Å². The summed E-state index contributed by atoms with van der Waals surface area (Å²) in [7, 11) is 0. The Bertz CT molecular complexity index is 919. The van der Waals surface area contributed by atoms with Crippen molar-refractivity contribution in [3.05, 3.63) is 58.2 Å². The average Bonchev–Trinajstić information content (AvgIpc) is 3.35. The predicted octanol–water partition coefficient (Wildman–Crippen LogP) is 7.94. The molecule has 0 amide bonds. The number of halogens is 3. The Labute approximate surface area is 182 Å². The Morgan fingerprint density at radius 3 is 1.65 bits per heavy atom. The Kier molecular flexibility index (Phi) is 9.59. The highest BCUT2D eigenvalue weighted by Crippen LogP contribution is 2.37. The van der Waals surface area contributed by atoms with Gasteiger partial charge in [0.2, 0.25) is 5.76 Å². The van der Waals surface area contributed by atoms with E-state index in [-0.39, 0.29) is 11.5 Å². The van der Waals surface area contributed by atoms with Gasteiger partial charge in [-0.25, -0.2) is 0 Å². The summed E-state index contributed by atoms with van der Waals surface area (Å²) in [5.41, 5.74) is 2.39. The third-order valence-electron chi connectivity index (χ3n) is 4.39. The molecule has 3 aromatic rings. The van der Waals surface area contributed by atoms with Gasteiger partial charge in [0.25, 0.3) is 0 Å². The number of alkyl halides is 3. The molecule has 0 aromatic carbocycles. The highest BCUT2D eigenvalue weighted by atomic mass is 19.4. The molecular formula is C23H33F3N2O3. The van der Waals surface area contributed by atoms with Crippen LogP contribution in [0.3, 0.4) is 0 Å². The van der Waals surface area contributed by atoms with Crippen molar-refractivity contribution >= 4 is 0 Å². The van der Waals surface area contributed by atoms with Gasteiger partial charge in [-0.05, 0) is 38.7 Å². The molecular weight excluding hydrogens is 409 g/mol. The minimum atomic E-state index is -4.38. The van der Waals surface area contributed by atoms with Gasteiger partial charge in [-0.2, -0.15) is 13.2 Å². The first-order valence-corrected chi connectivity index (χ1v) is 10.3. The normalized spacial score (nSPS) is 11.5. The number of hydrogen-bond donors (Lipinski definition) is 0. The van der Waals surface area contributed by atoms with Crippen molar-refractivity contribution in [1.29, 1.82) is 0 Å². The molecule has 0 bridgehead atoms. The standard InChI is InChI=1S/C9H11F3O.2C7H11NO/c1-5(2)7-4-6(3)13-8(7)9(10,11)12;1-5(2)7-4-8-9-6(7)3;1-5(2)7-4-6(3)8-9-7/h4-5H,1-3H3;2*4-5H,1-3H3. The molecule has 3 rings (SSSR count). The van der Waals surface area contributed by atoms with Crippen LogP contribution in [0, 0.1) is 20.8 Å². The number of nitrogens with zero attached hydrogens (tertiary/aromatic N) is 2. The van der Waals surface area contributed by atoms with Crippen molar-refractivity contribution in [3.8, 4) is 0 Å². The molecule has 0 unspecified atom stereocenters. The molecule has 31 heavy (non-hydrogen) atoms. The number of furan rings is 1. The molecule has 0 aliphatic carbocycles. The van der Waals surface area contributed by atoms with Crippen LogP contribution < -0.4 is 0 Å². The fourth-order valence-electron chi connectivity index (χ4n) is 2.70. The molecule has 0 fully saturated rings. The Morgan fingerprint density at radius 1 is 0.806 bits per heavy atom. The van der Waals surface area contributed by atoms with E-state index in [2.05, 4.69) is 42.4 Å². The summed E-state index contributed by atoms with van der Waals surface area (Å²) in [6, 6.07) is 3.40. The lowest BCUT2D eigenvalue weighted by Gasteiger charge is -2.07. The number of rotatable bonds is 3. The number of hydrogen-bond acceptors (Lipinski definition) is 5. The van der Waals surface area contributed by atoms with Gasteiger partial charge < -0.3 is 13.5 Å². The van der Waals surface area contributed by atoms with Gasteiger partial charge in [0.1, 0.15) is 17.3 Å². The maximum Gasteiger partial charge on any atom is 0.449 e. The SMILES string of the molecule is Cc1cc(C(C)C)c(C(F)(F)F)o1.Cc1cc(C(C)C)on1.Cc1oncc1C(C)C. The third kappa shape index (κ3) is 8.26. The average molecular weight is 443 g/mol. The quantitative estimate of drug-likeness (QED) is 0.412. The molecule has 0 saturated carbocycles. The van der Waals surface area contributed by atoms with E-state index in [0.29, 0.717) is 17.6 Å². The zero-order chi connectivity index (χ0) is 23.9. The lowest BCUT2D eigenvalue weighted by molar-refractivity contribution is -0.154. The first kappa shape index (κ1) is 26.5. The first-order valence-electron chi connectivity index (χ1n) is 10.3. The monoisotopic (exact) mass is 442 g/mol. The van der Waals surface area contributed by atoms with Crippen LogP contribution in [0.15, 0.2) is 31.8 Å². The van der Waals surface area contributed by atoms with E-state index in [4.69, 9.17) is 9.05 Å². The van der Waals surface area contributed by atoms with E-state index in [0.717, 1.165) is 17.2 Å². The molecule has 3 heterocycles. The van der Waals surface area contributed by atoms with Crippen LogP contribution in [0.2, 0.25) is 0 Å². The van der Waals surface area contributed by atoms with Gasteiger partial charge in [0, 0.05) is 23.1 Å². The molecule has 0 atom stereocenters. The summed E-state index contributed by atoms with van der Waals surface area (Å²) >= 11 is 0. The largest absolute Gasteiger partial charge is 0.456 e. The maximum absolute atomic E-state index is 12.3. The van der Waals surface area contributed by atoms with Crippen LogP contribution in [-0.4, -0.2) is 10.3 Å². The molecule has 174 valence electrons. The zero-order valence-electron chi connectivity index (χ0n) is 19.7. The second-order valence-electron chi connectivity index (χ2n) is 8.31. The van der Waals surface area contributed by atoms with Crippen molar-refractivity contribution < 1.29 is 26.6 Å². The first-order chi connectivity index (χ1) is 14.2. The van der Waals surface area contributed by atoms with Crippen LogP contribution in [0.4, 0.5) is 13.2 Å². The molecule has 0 saturated heterocycles. The predicted molar refractivity (Wildman–Crippen MR) is 113 cm³/mol. The van der Waals surface area contributed by atoms with Crippen LogP contribution in [0.25, 0.3) is 0 Å². The highest BCUT2D eigenvalue weighted by Gasteiger charge is 2.38. The fraction of sp³-hybridized carbons (Fsp3) is 0.565. The lowest BCUT2D eigenvalue weighted by Crippen LogP contribution is -2.07. The zero-order valence-corrected chi connectivity index (χ0v) is 19.7. The summed E-state index contributed by atoms with van der Waals surface area (Å²) in [4.78, 5) is 0. The van der Waals surface area contributed by atoms with Crippen LogP contribution in [0.1, 0.15) is 99.2 Å². The number of aryl methyl sites for hydroxylation is 3. The van der Waals surface area contributed by atoms with Gasteiger partial charge in [-0.3, -0.25) is 0 Å². The van der Waals surface area contributed by atoms with Crippen LogP contribution in [0.5, 0.6) is 0 Å². The second-order valence-corrected chi connectivity index (χ2v) is 8.31. The van der Waals surface area contributed by atoms with Gasteiger partial charge in [-0.15, -0.1) is 0 Å². The molecule has 0 spiro atoms. The molecule has 3 aromatic heterocycles. The molecule has 8 heteroatoms. The molecule has 0 N–H and O–H groups in total. The van der Waals surface area contributed by atoms with Gasteiger partial charge >= 0.3 is 6.18 Å². The highest BCUT2D eigenvalue weighted by molar-refractivity contribution is 5.26. The van der Waals surface area contributed by atoms with Crippen LogP contribution in [-0.2, 0) is 6.18 Å². The van der Waals surface area contributed by atoms with Crippen molar-refractivity contribution in [3.63, 3.8) is 0 Å². The van der Waals surface area contributed by atoms with Crippen molar-refractivity contribution in [2.75, 3.05) is 0 Å². The van der Waals surface area contributed by atoms with Gasteiger partial charge in [-0.1, -0.05) is 51.9 Å². The summed E-state index contributed by atoms with van der Waals surface area (Å²) < 4.78 is 51.5. The molecule has 0 aliphatic rings. The van der Waals surface area contributed by atoms with E-state index in [1.165, 1.54) is 18.6 Å². The Balaban J connectivity index is 0.000000239. The van der Waals surface area contributed by atoms with Crippen molar-refractivity contribution in [2.45, 2.75) is 86.2 Å².